The van der Waals surface area contributed by atoms with Crippen molar-refractivity contribution in [3.8, 4) is 0 Å². The second-order valence-corrected chi connectivity index (χ2v) is 7.56. The van der Waals surface area contributed by atoms with Crippen molar-refractivity contribution in [2.75, 3.05) is 18.5 Å². The van der Waals surface area contributed by atoms with Gasteiger partial charge in [0.2, 0.25) is 5.91 Å². The standard InChI is InChI=1S/C18H26N2O/c1-17(2)15(18(17,3)4)16(21)20-11-10-13(19-5)12-8-6-7-9-14(12)20/h6-9,13,15,19H,10-11H2,1-5H3. The highest BCUT2D eigenvalue weighted by atomic mass is 16.2. The first-order valence-electron chi connectivity index (χ1n) is 7.90. The van der Waals surface area contributed by atoms with Gasteiger partial charge in [0.15, 0.2) is 0 Å². The number of nitrogens with one attached hydrogen (secondary N) is 1. The third-order valence-electron chi connectivity index (χ3n) is 6.13. The van der Waals surface area contributed by atoms with E-state index in [1.165, 1.54) is 5.56 Å². The summed E-state index contributed by atoms with van der Waals surface area (Å²) < 4.78 is 0. The molecule has 1 amide bonds. The summed E-state index contributed by atoms with van der Waals surface area (Å²) in [5.74, 6) is 0.427. The number of carbonyl (C=O) groups is 1. The number of hydrogen-bond donors (Lipinski definition) is 1. The fourth-order valence-electron chi connectivity index (χ4n) is 4.06. The van der Waals surface area contributed by atoms with E-state index in [2.05, 4.69) is 51.2 Å². The first-order chi connectivity index (χ1) is 9.82. The maximum absolute atomic E-state index is 13.1. The normalized spacial score (nSPS) is 26.3. The van der Waals surface area contributed by atoms with Gasteiger partial charge < -0.3 is 10.2 Å². The molecular formula is C18H26N2O. The second-order valence-electron chi connectivity index (χ2n) is 7.56. The number of rotatable bonds is 2. The van der Waals surface area contributed by atoms with Crippen LogP contribution in [0.15, 0.2) is 24.3 Å². The van der Waals surface area contributed by atoms with Crippen LogP contribution in [-0.2, 0) is 4.79 Å². The largest absolute Gasteiger partial charge is 0.313 e. The van der Waals surface area contributed by atoms with E-state index in [1.807, 2.05) is 18.0 Å². The highest BCUT2D eigenvalue weighted by molar-refractivity contribution is 5.99. The van der Waals surface area contributed by atoms with E-state index < -0.39 is 0 Å². The molecule has 0 spiro atoms. The lowest BCUT2D eigenvalue weighted by Crippen LogP contribution is -2.40. The van der Waals surface area contributed by atoms with Gasteiger partial charge in [0.1, 0.15) is 0 Å². The zero-order valence-electron chi connectivity index (χ0n) is 13.7. The molecule has 1 aliphatic carbocycles. The van der Waals surface area contributed by atoms with E-state index in [9.17, 15) is 4.79 Å². The molecule has 1 aromatic rings. The Morgan fingerprint density at radius 3 is 2.38 bits per heavy atom. The van der Waals surface area contributed by atoms with E-state index in [0.717, 1.165) is 18.7 Å². The van der Waals surface area contributed by atoms with E-state index >= 15 is 0 Å². The lowest BCUT2D eigenvalue weighted by molar-refractivity contribution is -0.121. The van der Waals surface area contributed by atoms with Crippen LogP contribution in [0, 0.1) is 16.7 Å². The van der Waals surface area contributed by atoms with Gasteiger partial charge in [-0.3, -0.25) is 4.79 Å². The van der Waals surface area contributed by atoms with Crippen LogP contribution in [-0.4, -0.2) is 19.5 Å². The van der Waals surface area contributed by atoms with Crippen molar-refractivity contribution in [1.82, 2.24) is 5.32 Å². The van der Waals surface area contributed by atoms with Crippen molar-refractivity contribution in [2.45, 2.75) is 40.2 Å². The Morgan fingerprint density at radius 1 is 1.19 bits per heavy atom. The van der Waals surface area contributed by atoms with Crippen LogP contribution in [0.4, 0.5) is 5.69 Å². The number of carbonyl (C=O) groups excluding carboxylic acids is 1. The minimum atomic E-state index is 0.0961. The topological polar surface area (TPSA) is 32.3 Å². The molecule has 1 aromatic carbocycles. The van der Waals surface area contributed by atoms with Crippen molar-refractivity contribution in [2.24, 2.45) is 16.7 Å². The third-order valence-corrected chi connectivity index (χ3v) is 6.13. The predicted octanol–water partition coefficient (Wildman–Crippen LogP) is 3.37. The molecule has 0 radical (unpaired) electrons. The Bertz CT molecular complexity index is 562. The number of anilines is 1. The molecule has 1 fully saturated rings. The Hall–Kier alpha value is -1.35. The van der Waals surface area contributed by atoms with Gasteiger partial charge in [-0.15, -0.1) is 0 Å². The van der Waals surface area contributed by atoms with Crippen molar-refractivity contribution in [3.63, 3.8) is 0 Å². The molecule has 1 N–H and O–H groups in total. The number of hydrogen-bond acceptors (Lipinski definition) is 2. The molecule has 1 aliphatic heterocycles. The van der Waals surface area contributed by atoms with E-state index in [-0.39, 0.29) is 16.7 Å². The number of para-hydroxylation sites is 1. The van der Waals surface area contributed by atoms with E-state index in [0.29, 0.717) is 11.9 Å². The summed E-state index contributed by atoms with van der Waals surface area (Å²) in [5.41, 5.74) is 2.53. The smallest absolute Gasteiger partial charge is 0.231 e. The van der Waals surface area contributed by atoms with Gasteiger partial charge in [0, 0.05) is 24.2 Å². The summed E-state index contributed by atoms with van der Waals surface area (Å²) in [4.78, 5) is 15.1. The number of amides is 1. The first kappa shape index (κ1) is 14.6. The van der Waals surface area contributed by atoms with Gasteiger partial charge in [-0.25, -0.2) is 0 Å². The molecule has 2 aliphatic rings. The highest BCUT2D eigenvalue weighted by Gasteiger charge is 2.69. The lowest BCUT2D eigenvalue weighted by atomic mass is 9.95. The van der Waals surface area contributed by atoms with Crippen molar-refractivity contribution in [1.29, 1.82) is 0 Å². The third kappa shape index (κ3) is 1.94. The molecule has 1 heterocycles. The first-order valence-corrected chi connectivity index (χ1v) is 7.90. The Balaban J connectivity index is 1.93. The monoisotopic (exact) mass is 286 g/mol. The minimum absolute atomic E-state index is 0.0961. The van der Waals surface area contributed by atoms with Gasteiger partial charge in [-0.1, -0.05) is 45.9 Å². The molecule has 0 saturated heterocycles. The molecule has 1 saturated carbocycles. The van der Waals surface area contributed by atoms with Crippen molar-refractivity contribution >= 4 is 11.6 Å². The van der Waals surface area contributed by atoms with Crippen LogP contribution in [0.2, 0.25) is 0 Å². The van der Waals surface area contributed by atoms with Crippen LogP contribution >= 0.6 is 0 Å². The lowest BCUT2D eigenvalue weighted by Gasteiger charge is -2.34. The molecule has 1 unspecified atom stereocenters. The summed E-state index contributed by atoms with van der Waals surface area (Å²) >= 11 is 0. The maximum Gasteiger partial charge on any atom is 0.231 e. The molecule has 0 bridgehead atoms. The zero-order chi connectivity index (χ0) is 15.4. The number of fused-ring (bicyclic) bond motifs is 1. The summed E-state index contributed by atoms with van der Waals surface area (Å²) in [5, 5.41) is 3.36. The molecule has 3 heteroatoms. The van der Waals surface area contributed by atoms with E-state index in [4.69, 9.17) is 0 Å². The Morgan fingerprint density at radius 2 is 1.81 bits per heavy atom. The maximum atomic E-state index is 13.1. The van der Waals surface area contributed by atoms with Gasteiger partial charge in [0.05, 0.1) is 0 Å². The van der Waals surface area contributed by atoms with E-state index in [1.54, 1.807) is 0 Å². The van der Waals surface area contributed by atoms with Crippen LogP contribution < -0.4 is 10.2 Å². The Kier molecular flexibility index (Phi) is 3.17. The van der Waals surface area contributed by atoms with Crippen LogP contribution in [0.25, 0.3) is 0 Å². The highest BCUT2D eigenvalue weighted by Crippen LogP contribution is 2.69. The Labute approximate surface area is 127 Å². The van der Waals surface area contributed by atoms with Crippen molar-refractivity contribution < 1.29 is 4.79 Å². The minimum Gasteiger partial charge on any atom is -0.313 e. The molecular weight excluding hydrogens is 260 g/mol. The molecule has 3 rings (SSSR count). The summed E-state index contributed by atoms with van der Waals surface area (Å²) in [6.45, 7) is 9.65. The van der Waals surface area contributed by atoms with Gasteiger partial charge in [-0.05, 0) is 35.9 Å². The average Bonchev–Trinajstić information content (AvgIpc) is 2.86. The quantitative estimate of drug-likeness (QED) is 0.904. The molecule has 0 aromatic heterocycles. The number of nitrogens with zero attached hydrogens (tertiary/aromatic N) is 1. The summed E-state index contributed by atoms with van der Waals surface area (Å²) in [6, 6.07) is 8.66. The molecule has 1 atom stereocenters. The average molecular weight is 286 g/mol. The summed E-state index contributed by atoms with van der Waals surface area (Å²) in [7, 11) is 1.99. The van der Waals surface area contributed by atoms with Crippen molar-refractivity contribution in [3.05, 3.63) is 29.8 Å². The SMILES string of the molecule is CNC1CCN(C(=O)C2C(C)(C)C2(C)C)c2ccccc21. The fourth-order valence-corrected chi connectivity index (χ4v) is 4.06. The van der Waals surface area contributed by atoms with Gasteiger partial charge in [-0.2, -0.15) is 0 Å². The van der Waals surface area contributed by atoms with Gasteiger partial charge >= 0.3 is 0 Å². The van der Waals surface area contributed by atoms with Crippen LogP contribution in [0.3, 0.4) is 0 Å². The molecule has 3 nitrogen and oxygen atoms in total. The zero-order valence-corrected chi connectivity index (χ0v) is 13.7. The van der Waals surface area contributed by atoms with Crippen LogP contribution in [0.5, 0.6) is 0 Å². The second kappa shape index (κ2) is 4.57. The van der Waals surface area contributed by atoms with Crippen LogP contribution in [0.1, 0.15) is 45.7 Å². The summed E-state index contributed by atoms with van der Waals surface area (Å²) in [6.07, 6.45) is 0.979. The molecule has 114 valence electrons. The fraction of sp³-hybridized carbons (Fsp3) is 0.611. The predicted molar refractivity (Wildman–Crippen MR) is 86.3 cm³/mol. The number of benzene rings is 1. The van der Waals surface area contributed by atoms with Gasteiger partial charge in [0.25, 0.3) is 0 Å². The molecule has 21 heavy (non-hydrogen) atoms.